The lowest BCUT2D eigenvalue weighted by Crippen LogP contribution is -2.49. The zero-order valence-electron chi connectivity index (χ0n) is 9.51. The summed E-state index contributed by atoms with van der Waals surface area (Å²) in [6, 6.07) is 1.20. The van der Waals surface area contributed by atoms with Crippen LogP contribution in [0.25, 0.3) is 0 Å². The van der Waals surface area contributed by atoms with E-state index in [1.54, 1.807) is 0 Å². The number of hydrogen-bond acceptors (Lipinski definition) is 3. The first-order chi connectivity index (χ1) is 6.56. The van der Waals surface area contributed by atoms with Crippen molar-refractivity contribution < 1.29 is 8.85 Å². The van der Waals surface area contributed by atoms with E-state index in [2.05, 4.69) is 20.8 Å². The van der Waals surface area contributed by atoms with Gasteiger partial charge in [-0.3, -0.25) is 0 Å². The van der Waals surface area contributed by atoms with E-state index in [4.69, 9.17) is 14.6 Å². The summed E-state index contributed by atoms with van der Waals surface area (Å²) in [7, 11) is -1.04. The molecular formula is C10H22NO2Si. The van der Waals surface area contributed by atoms with E-state index >= 15 is 0 Å². The molecule has 3 nitrogen and oxygen atoms in total. The molecular weight excluding hydrogens is 194 g/mol. The van der Waals surface area contributed by atoms with Gasteiger partial charge in [0.2, 0.25) is 0 Å². The second kappa shape index (κ2) is 5.26. The Morgan fingerprint density at radius 2 is 2.21 bits per heavy atom. The topological polar surface area (TPSA) is 44.5 Å². The Labute approximate surface area is 88.8 Å². The number of nitrogens with two attached hydrogens (primary N) is 1. The van der Waals surface area contributed by atoms with Crippen molar-refractivity contribution >= 4 is 9.28 Å². The Kier molecular flexibility index (Phi) is 4.57. The highest BCUT2D eigenvalue weighted by molar-refractivity contribution is 6.44. The molecule has 0 aromatic rings. The standard InChI is InChI=1S/C10H22NO2Si/c1-4-9(11)10(2,3)13-14-8-6-5-7-12-14/h9H,4-8,11H2,1-3H3. The molecule has 1 atom stereocenters. The maximum absolute atomic E-state index is 6.00. The Bertz CT molecular complexity index is 170. The van der Waals surface area contributed by atoms with E-state index in [1.165, 1.54) is 12.8 Å². The average molecular weight is 216 g/mol. The van der Waals surface area contributed by atoms with Crippen molar-refractivity contribution in [3.05, 3.63) is 0 Å². The van der Waals surface area contributed by atoms with Gasteiger partial charge in [0.25, 0.3) is 0 Å². The molecule has 1 radical (unpaired) electrons. The molecule has 1 aliphatic heterocycles. The molecule has 14 heavy (non-hydrogen) atoms. The minimum absolute atomic E-state index is 0.102. The molecule has 1 unspecified atom stereocenters. The summed E-state index contributed by atoms with van der Waals surface area (Å²) in [6.45, 7) is 7.09. The largest absolute Gasteiger partial charge is 0.393 e. The molecule has 0 aromatic carbocycles. The third-order valence-electron chi connectivity index (χ3n) is 2.75. The third-order valence-corrected chi connectivity index (χ3v) is 4.79. The summed E-state index contributed by atoms with van der Waals surface area (Å²) < 4.78 is 11.6. The predicted octanol–water partition coefficient (Wildman–Crippen LogP) is 1.82. The highest BCUT2D eigenvalue weighted by Crippen LogP contribution is 2.21. The van der Waals surface area contributed by atoms with Crippen molar-refractivity contribution in [3.8, 4) is 0 Å². The van der Waals surface area contributed by atoms with Crippen LogP contribution in [0.2, 0.25) is 6.04 Å². The second-order valence-corrected chi connectivity index (χ2v) is 6.13. The molecule has 0 spiro atoms. The summed E-state index contributed by atoms with van der Waals surface area (Å²) in [5.41, 5.74) is 5.77. The minimum atomic E-state index is -1.04. The van der Waals surface area contributed by atoms with Gasteiger partial charge in [-0.1, -0.05) is 6.92 Å². The Balaban J connectivity index is 2.40. The van der Waals surface area contributed by atoms with Crippen molar-refractivity contribution in [1.82, 2.24) is 0 Å². The first-order valence-electron chi connectivity index (χ1n) is 5.49. The fraction of sp³-hybridized carbons (Fsp3) is 1.00. The van der Waals surface area contributed by atoms with E-state index in [-0.39, 0.29) is 11.6 Å². The van der Waals surface area contributed by atoms with Crippen molar-refractivity contribution in [3.63, 3.8) is 0 Å². The Hall–Kier alpha value is 0.0969. The average Bonchev–Trinajstić information content (AvgIpc) is 2.17. The van der Waals surface area contributed by atoms with Gasteiger partial charge in [0.15, 0.2) is 0 Å². The van der Waals surface area contributed by atoms with E-state index in [0.717, 1.165) is 19.1 Å². The van der Waals surface area contributed by atoms with Gasteiger partial charge in [-0.05, 0) is 39.2 Å². The van der Waals surface area contributed by atoms with E-state index < -0.39 is 9.28 Å². The highest BCUT2D eigenvalue weighted by Gasteiger charge is 2.32. The molecule has 0 aliphatic carbocycles. The smallest absolute Gasteiger partial charge is 0.385 e. The lowest BCUT2D eigenvalue weighted by molar-refractivity contribution is 0.0369. The van der Waals surface area contributed by atoms with Crippen LogP contribution in [0.4, 0.5) is 0 Å². The number of rotatable bonds is 4. The monoisotopic (exact) mass is 216 g/mol. The molecule has 2 N–H and O–H groups in total. The van der Waals surface area contributed by atoms with Crippen molar-refractivity contribution in [1.29, 1.82) is 0 Å². The minimum Gasteiger partial charge on any atom is -0.393 e. The molecule has 4 heteroatoms. The van der Waals surface area contributed by atoms with Gasteiger partial charge in [-0.15, -0.1) is 0 Å². The normalized spacial score (nSPS) is 22.3. The lowest BCUT2D eigenvalue weighted by atomic mass is 9.98. The van der Waals surface area contributed by atoms with E-state index in [9.17, 15) is 0 Å². The third kappa shape index (κ3) is 3.35. The molecule has 1 rings (SSSR count). The molecule has 0 bridgehead atoms. The van der Waals surface area contributed by atoms with Crippen LogP contribution in [-0.2, 0) is 8.85 Å². The van der Waals surface area contributed by atoms with Crippen LogP contribution >= 0.6 is 0 Å². The highest BCUT2D eigenvalue weighted by atomic mass is 28.3. The van der Waals surface area contributed by atoms with Crippen molar-refractivity contribution in [2.45, 2.75) is 57.7 Å². The molecule has 0 saturated carbocycles. The molecule has 1 saturated heterocycles. The maximum Gasteiger partial charge on any atom is 0.385 e. The van der Waals surface area contributed by atoms with Crippen LogP contribution in [0.1, 0.15) is 40.0 Å². The first-order valence-corrected chi connectivity index (χ1v) is 7.02. The van der Waals surface area contributed by atoms with Gasteiger partial charge in [0.1, 0.15) is 0 Å². The van der Waals surface area contributed by atoms with Crippen LogP contribution in [0.15, 0.2) is 0 Å². The zero-order valence-corrected chi connectivity index (χ0v) is 10.5. The lowest BCUT2D eigenvalue weighted by Gasteiger charge is -2.35. The van der Waals surface area contributed by atoms with Crippen molar-refractivity contribution in [2.24, 2.45) is 5.73 Å². The van der Waals surface area contributed by atoms with Crippen LogP contribution in [0.3, 0.4) is 0 Å². The molecule has 0 amide bonds. The SMILES string of the molecule is CCC(N)C(C)(C)O[Si]1CCCCO1. The fourth-order valence-corrected chi connectivity index (χ4v) is 3.52. The van der Waals surface area contributed by atoms with Gasteiger partial charge >= 0.3 is 9.28 Å². The molecule has 83 valence electrons. The zero-order chi connectivity index (χ0) is 10.6. The molecule has 1 fully saturated rings. The Morgan fingerprint density at radius 1 is 1.50 bits per heavy atom. The van der Waals surface area contributed by atoms with Crippen molar-refractivity contribution in [2.75, 3.05) is 6.61 Å². The van der Waals surface area contributed by atoms with E-state index in [1.807, 2.05) is 0 Å². The molecule has 0 aromatic heterocycles. The second-order valence-electron chi connectivity index (χ2n) is 4.40. The first kappa shape index (κ1) is 12.2. The van der Waals surface area contributed by atoms with Gasteiger partial charge in [0.05, 0.1) is 5.60 Å². The van der Waals surface area contributed by atoms with Gasteiger partial charge in [-0.25, -0.2) is 0 Å². The molecule has 1 heterocycles. The van der Waals surface area contributed by atoms with Crippen LogP contribution in [0, 0.1) is 0 Å². The summed E-state index contributed by atoms with van der Waals surface area (Å²) in [5.74, 6) is 0. The van der Waals surface area contributed by atoms with Gasteiger partial charge < -0.3 is 14.6 Å². The predicted molar refractivity (Wildman–Crippen MR) is 59.2 cm³/mol. The summed E-state index contributed by atoms with van der Waals surface area (Å²) in [5, 5.41) is 0. The van der Waals surface area contributed by atoms with Crippen LogP contribution in [0.5, 0.6) is 0 Å². The van der Waals surface area contributed by atoms with Crippen LogP contribution in [-0.4, -0.2) is 27.5 Å². The summed E-state index contributed by atoms with van der Waals surface area (Å²) >= 11 is 0. The van der Waals surface area contributed by atoms with E-state index in [0.29, 0.717) is 0 Å². The fourth-order valence-electron chi connectivity index (χ4n) is 1.57. The van der Waals surface area contributed by atoms with Gasteiger partial charge in [0, 0.05) is 12.6 Å². The Morgan fingerprint density at radius 3 is 2.71 bits per heavy atom. The molecule has 1 aliphatic rings. The van der Waals surface area contributed by atoms with Crippen LogP contribution < -0.4 is 5.73 Å². The quantitative estimate of drug-likeness (QED) is 0.729. The van der Waals surface area contributed by atoms with Gasteiger partial charge in [-0.2, -0.15) is 0 Å². The summed E-state index contributed by atoms with van der Waals surface area (Å²) in [6.07, 6.45) is 3.37. The number of hydrogen-bond donors (Lipinski definition) is 1. The maximum atomic E-state index is 6.00. The summed E-state index contributed by atoms with van der Waals surface area (Å²) in [4.78, 5) is 0.